The third-order valence-electron chi connectivity index (χ3n) is 1.73. The third-order valence-corrected chi connectivity index (χ3v) is 1.73. The second-order valence-corrected chi connectivity index (χ2v) is 3.55. The molecule has 0 aliphatic rings. The molecule has 0 spiro atoms. The van der Waals surface area contributed by atoms with E-state index < -0.39 is 12.0 Å². The summed E-state index contributed by atoms with van der Waals surface area (Å²) in [6.07, 6.45) is 1.22. The van der Waals surface area contributed by atoms with Crippen molar-refractivity contribution in [3.63, 3.8) is 0 Å². The van der Waals surface area contributed by atoms with E-state index in [4.69, 9.17) is 10.2 Å². The maximum absolute atomic E-state index is 10.7. The van der Waals surface area contributed by atoms with Gasteiger partial charge in [0.05, 0.1) is 0 Å². The van der Waals surface area contributed by atoms with Crippen molar-refractivity contribution in [2.45, 2.75) is 32.7 Å². The van der Waals surface area contributed by atoms with Gasteiger partial charge in [0.25, 0.3) is 0 Å². The van der Waals surface area contributed by atoms with Gasteiger partial charge in [-0.3, -0.25) is 4.79 Å². The Hall–Kier alpha value is -0.610. The molecule has 0 unspecified atom stereocenters. The van der Waals surface area contributed by atoms with E-state index in [1.807, 2.05) is 13.8 Å². The molecular formula is C9H19NO3. The van der Waals surface area contributed by atoms with Crippen LogP contribution in [0.3, 0.4) is 0 Å². The van der Waals surface area contributed by atoms with Crippen LogP contribution in [0, 0.1) is 5.92 Å². The Morgan fingerprint density at radius 3 is 2.46 bits per heavy atom. The molecule has 0 amide bonds. The minimum absolute atomic E-state index is 0.0982. The molecular weight excluding hydrogens is 170 g/mol. The molecule has 0 aromatic carbocycles. The number of hydrogen-bond donors (Lipinski definition) is 3. The average molecular weight is 189 g/mol. The van der Waals surface area contributed by atoms with E-state index in [2.05, 4.69) is 5.32 Å². The van der Waals surface area contributed by atoms with Gasteiger partial charge in [-0.1, -0.05) is 13.8 Å². The lowest BCUT2D eigenvalue weighted by atomic mass is 10.0. The second-order valence-electron chi connectivity index (χ2n) is 3.55. The van der Waals surface area contributed by atoms with E-state index in [1.54, 1.807) is 0 Å². The summed E-state index contributed by atoms with van der Waals surface area (Å²) < 4.78 is 0. The zero-order valence-corrected chi connectivity index (χ0v) is 8.29. The van der Waals surface area contributed by atoms with Crippen LogP contribution in [-0.2, 0) is 4.79 Å². The minimum Gasteiger partial charge on any atom is -0.480 e. The molecule has 0 aliphatic heterocycles. The molecule has 0 radical (unpaired) electrons. The summed E-state index contributed by atoms with van der Waals surface area (Å²) in [5.41, 5.74) is 0. The van der Waals surface area contributed by atoms with Crippen LogP contribution >= 0.6 is 0 Å². The van der Waals surface area contributed by atoms with Crippen molar-refractivity contribution < 1.29 is 15.0 Å². The molecule has 0 saturated heterocycles. The van der Waals surface area contributed by atoms with E-state index in [0.29, 0.717) is 25.3 Å². The molecule has 0 fully saturated rings. The lowest BCUT2D eigenvalue weighted by Gasteiger charge is -2.15. The first kappa shape index (κ1) is 12.4. The van der Waals surface area contributed by atoms with Crippen LogP contribution in [-0.4, -0.2) is 35.4 Å². The minimum atomic E-state index is -0.813. The summed E-state index contributed by atoms with van der Waals surface area (Å²) in [5, 5.41) is 20.2. The van der Waals surface area contributed by atoms with Crippen molar-refractivity contribution in [3.05, 3.63) is 0 Å². The highest BCUT2D eigenvalue weighted by Gasteiger charge is 2.17. The SMILES string of the molecule is CC(C)C[C@@H](NCCCO)C(=O)O. The van der Waals surface area contributed by atoms with Gasteiger partial charge in [0.1, 0.15) is 6.04 Å². The second kappa shape index (κ2) is 6.86. The summed E-state index contributed by atoms with van der Waals surface area (Å²) in [7, 11) is 0. The van der Waals surface area contributed by atoms with Crippen LogP contribution in [0.15, 0.2) is 0 Å². The number of aliphatic hydroxyl groups is 1. The molecule has 0 aromatic rings. The first-order valence-electron chi connectivity index (χ1n) is 4.65. The Kier molecular flexibility index (Phi) is 6.54. The zero-order valence-electron chi connectivity index (χ0n) is 8.29. The lowest BCUT2D eigenvalue weighted by molar-refractivity contribution is -0.139. The fourth-order valence-corrected chi connectivity index (χ4v) is 1.10. The summed E-state index contributed by atoms with van der Waals surface area (Å²) in [6.45, 7) is 4.63. The van der Waals surface area contributed by atoms with E-state index in [-0.39, 0.29) is 6.61 Å². The molecule has 13 heavy (non-hydrogen) atoms. The molecule has 4 nitrogen and oxygen atoms in total. The van der Waals surface area contributed by atoms with Gasteiger partial charge in [-0.05, 0) is 25.3 Å². The van der Waals surface area contributed by atoms with Gasteiger partial charge in [-0.15, -0.1) is 0 Å². The van der Waals surface area contributed by atoms with E-state index in [9.17, 15) is 4.79 Å². The fourth-order valence-electron chi connectivity index (χ4n) is 1.10. The molecule has 3 N–H and O–H groups in total. The molecule has 0 aliphatic carbocycles. The van der Waals surface area contributed by atoms with Crippen molar-refractivity contribution in [2.24, 2.45) is 5.92 Å². The van der Waals surface area contributed by atoms with Gasteiger partial charge in [0, 0.05) is 6.61 Å². The van der Waals surface area contributed by atoms with Crippen molar-refractivity contribution in [3.8, 4) is 0 Å². The highest BCUT2D eigenvalue weighted by molar-refractivity contribution is 5.73. The third kappa shape index (κ3) is 6.54. The fraction of sp³-hybridized carbons (Fsp3) is 0.889. The van der Waals surface area contributed by atoms with Gasteiger partial charge in [0.15, 0.2) is 0 Å². The van der Waals surface area contributed by atoms with Crippen molar-refractivity contribution >= 4 is 5.97 Å². The van der Waals surface area contributed by atoms with Gasteiger partial charge < -0.3 is 15.5 Å². The lowest BCUT2D eigenvalue weighted by Crippen LogP contribution is -2.38. The molecule has 0 aromatic heterocycles. The highest BCUT2D eigenvalue weighted by atomic mass is 16.4. The maximum atomic E-state index is 10.7. The summed E-state index contributed by atoms with van der Waals surface area (Å²) >= 11 is 0. The van der Waals surface area contributed by atoms with E-state index in [0.717, 1.165) is 0 Å². The molecule has 0 rings (SSSR count). The topological polar surface area (TPSA) is 69.6 Å². The normalized spacial score (nSPS) is 13.2. The van der Waals surface area contributed by atoms with Gasteiger partial charge in [0.2, 0.25) is 0 Å². The first-order valence-corrected chi connectivity index (χ1v) is 4.65. The summed E-state index contributed by atoms with van der Waals surface area (Å²) in [5.74, 6) is -0.450. The number of carboxylic acids is 1. The number of carbonyl (C=O) groups is 1. The quantitative estimate of drug-likeness (QED) is 0.509. The molecule has 0 bridgehead atoms. The molecule has 0 saturated carbocycles. The van der Waals surface area contributed by atoms with Crippen molar-refractivity contribution in [1.82, 2.24) is 5.32 Å². The van der Waals surface area contributed by atoms with E-state index in [1.165, 1.54) is 0 Å². The summed E-state index contributed by atoms with van der Waals surface area (Å²) in [4.78, 5) is 10.7. The largest absolute Gasteiger partial charge is 0.480 e. The van der Waals surface area contributed by atoms with Crippen LogP contribution < -0.4 is 5.32 Å². The Labute approximate surface area is 79.0 Å². The predicted molar refractivity (Wildman–Crippen MR) is 50.6 cm³/mol. The van der Waals surface area contributed by atoms with Crippen LogP contribution in [0.2, 0.25) is 0 Å². The Balaban J connectivity index is 3.74. The van der Waals surface area contributed by atoms with E-state index >= 15 is 0 Å². The molecule has 1 atom stereocenters. The Morgan fingerprint density at radius 2 is 2.08 bits per heavy atom. The maximum Gasteiger partial charge on any atom is 0.320 e. The first-order chi connectivity index (χ1) is 6.07. The van der Waals surface area contributed by atoms with Crippen LogP contribution in [0.1, 0.15) is 26.7 Å². The Bertz CT molecular complexity index is 148. The monoisotopic (exact) mass is 189 g/mol. The average Bonchev–Trinajstić information content (AvgIpc) is 2.02. The van der Waals surface area contributed by atoms with Crippen molar-refractivity contribution in [2.75, 3.05) is 13.2 Å². The number of rotatable bonds is 7. The summed E-state index contributed by atoms with van der Waals surface area (Å²) in [6, 6.07) is -0.480. The van der Waals surface area contributed by atoms with Gasteiger partial charge >= 0.3 is 5.97 Å². The predicted octanol–water partition coefficient (Wildman–Crippen LogP) is 0.458. The molecule has 4 heteroatoms. The van der Waals surface area contributed by atoms with Crippen LogP contribution in [0.25, 0.3) is 0 Å². The molecule has 78 valence electrons. The van der Waals surface area contributed by atoms with Crippen molar-refractivity contribution in [1.29, 1.82) is 0 Å². The van der Waals surface area contributed by atoms with Gasteiger partial charge in [-0.25, -0.2) is 0 Å². The number of carboxylic acid groups (broad SMARTS) is 1. The number of nitrogens with one attached hydrogen (secondary N) is 1. The molecule has 0 heterocycles. The number of hydrogen-bond acceptors (Lipinski definition) is 3. The number of aliphatic hydroxyl groups excluding tert-OH is 1. The zero-order chi connectivity index (χ0) is 10.3. The van der Waals surface area contributed by atoms with Gasteiger partial charge in [-0.2, -0.15) is 0 Å². The number of aliphatic carboxylic acids is 1. The van der Waals surface area contributed by atoms with Crippen LogP contribution in [0.4, 0.5) is 0 Å². The van der Waals surface area contributed by atoms with Crippen LogP contribution in [0.5, 0.6) is 0 Å². The standard InChI is InChI=1S/C9H19NO3/c1-7(2)6-8(9(12)13)10-4-3-5-11/h7-8,10-11H,3-6H2,1-2H3,(H,12,13)/t8-/m1/s1. The Morgan fingerprint density at radius 1 is 1.46 bits per heavy atom. The smallest absolute Gasteiger partial charge is 0.320 e. The highest BCUT2D eigenvalue weighted by Crippen LogP contribution is 2.04.